The monoisotopic (exact) mass is 134 g/mol. The summed E-state index contributed by atoms with van der Waals surface area (Å²) in [5, 5.41) is 0. The number of aliphatic imine (C=N–C) groups is 2. The molecule has 10 heavy (non-hydrogen) atoms. The Balaban J connectivity index is 2.23. The fourth-order valence-electron chi connectivity index (χ4n) is 1.37. The van der Waals surface area contributed by atoms with Gasteiger partial charge in [0, 0.05) is 24.3 Å². The molecular weight excluding hydrogens is 124 g/mol. The van der Waals surface area contributed by atoms with Crippen LogP contribution >= 0.6 is 0 Å². The number of rotatable bonds is 0. The molecule has 0 aromatic rings. The van der Waals surface area contributed by atoms with Crippen molar-refractivity contribution in [2.24, 2.45) is 15.9 Å². The normalized spacial score (nSPS) is 29.6. The van der Waals surface area contributed by atoms with Gasteiger partial charge in [0.15, 0.2) is 0 Å². The quantitative estimate of drug-likeness (QED) is 0.448. The Labute approximate surface area is 60.4 Å². The van der Waals surface area contributed by atoms with Crippen molar-refractivity contribution < 1.29 is 0 Å². The van der Waals surface area contributed by atoms with Crippen LogP contribution in [0.15, 0.2) is 22.1 Å². The van der Waals surface area contributed by atoms with Gasteiger partial charge in [-0.25, -0.2) is 0 Å². The molecule has 0 fully saturated rings. The summed E-state index contributed by atoms with van der Waals surface area (Å²) in [6, 6.07) is 0. The van der Waals surface area contributed by atoms with E-state index in [1.165, 1.54) is 5.71 Å². The van der Waals surface area contributed by atoms with Gasteiger partial charge in [-0.15, -0.1) is 0 Å². The maximum Gasteiger partial charge on any atom is 0.128 e. The summed E-state index contributed by atoms with van der Waals surface area (Å²) in [7, 11) is 0. The highest BCUT2D eigenvalue weighted by Gasteiger charge is 2.16. The highest BCUT2D eigenvalue weighted by atomic mass is 15.0. The molecule has 0 saturated heterocycles. The molecular formula is C8H10N2. The van der Waals surface area contributed by atoms with Crippen LogP contribution in [0, 0.1) is 5.92 Å². The minimum absolute atomic E-state index is 0.527. The van der Waals surface area contributed by atoms with E-state index in [1.807, 2.05) is 6.21 Å². The van der Waals surface area contributed by atoms with Gasteiger partial charge in [0.2, 0.25) is 0 Å². The lowest BCUT2D eigenvalue weighted by atomic mass is 9.93. The molecule has 2 aliphatic rings. The van der Waals surface area contributed by atoms with Crippen LogP contribution in [-0.4, -0.2) is 18.6 Å². The summed E-state index contributed by atoms with van der Waals surface area (Å²) in [6.45, 7) is 0.652. The minimum atomic E-state index is 0.527. The average molecular weight is 134 g/mol. The van der Waals surface area contributed by atoms with Crippen molar-refractivity contribution in [1.82, 2.24) is 0 Å². The fourth-order valence-corrected chi connectivity index (χ4v) is 1.37. The van der Waals surface area contributed by atoms with Crippen molar-refractivity contribution >= 4 is 11.9 Å². The molecule has 0 bridgehead atoms. The molecule has 0 spiro atoms. The third kappa shape index (κ3) is 0.897. The van der Waals surface area contributed by atoms with Gasteiger partial charge in [-0.3, -0.25) is 9.98 Å². The van der Waals surface area contributed by atoms with Crippen LogP contribution in [0.5, 0.6) is 0 Å². The second kappa shape index (κ2) is 2.37. The molecule has 2 nitrogen and oxygen atoms in total. The van der Waals surface area contributed by atoms with Gasteiger partial charge in [0.1, 0.15) is 6.67 Å². The summed E-state index contributed by atoms with van der Waals surface area (Å²) >= 11 is 0. The molecule has 2 rings (SSSR count). The molecule has 1 aliphatic carbocycles. The standard InChI is InChI=1S/C8H10N2/c1-2-4-8-7(3-1)5-9-6-10-8/h1-2,5,7H,3-4,6H2. The number of hydrogen-bond donors (Lipinski definition) is 0. The van der Waals surface area contributed by atoms with Crippen molar-refractivity contribution in [3.8, 4) is 0 Å². The van der Waals surface area contributed by atoms with Crippen molar-refractivity contribution in [3.05, 3.63) is 12.2 Å². The van der Waals surface area contributed by atoms with Gasteiger partial charge in [-0.2, -0.15) is 0 Å². The molecule has 0 N–H and O–H groups in total. The van der Waals surface area contributed by atoms with Gasteiger partial charge in [-0.1, -0.05) is 12.2 Å². The van der Waals surface area contributed by atoms with E-state index in [0.29, 0.717) is 12.6 Å². The Bertz CT molecular complexity index is 213. The first-order valence-electron chi connectivity index (χ1n) is 3.65. The highest BCUT2D eigenvalue weighted by Crippen LogP contribution is 2.16. The molecule has 0 saturated carbocycles. The van der Waals surface area contributed by atoms with Gasteiger partial charge in [-0.05, 0) is 6.42 Å². The van der Waals surface area contributed by atoms with Gasteiger partial charge in [0.25, 0.3) is 0 Å². The van der Waals surface area contributed by atoms with E-state index in [1.54, 1.807) is 0 Å². The van der Waals surface area contributed by atoms with E-state index in [-0.39, 0.29) is 0 Å². The van der Waals surface area contributed by atoms with Crippen LogP contribution in [0.4, 0.5) is 0 Å². The lowest BCUT2D eigenvalue weighted by Gasteiger charge is -2.18. The van der Waals surface area contributed by atoms with Gasteiger partial charge < -0.3 is 0 Å². The van der Waals surface area contributed by atoms with Crippen LogP contribution in [0.1, 0.15) is 12.8 Å². The number of nitrogens with zero attached hydrogens (tertiary/aromatic N) is 2. The number of fused-ring (bicyclic) bond motifs is 1. The first-order chi connectivity index (χ1) is 4.97. The summed E-state index contributed by atoms with van der Waals surface area (Å²) in [4.78, 5) is 8.43. The summed E-state index contributed by atoms with van der Waals surface area (Å²) in [6.07, 6.45) is 8.57. The largest absolute Gasteiger partial charge is 0.273 e. The summed E-state index contributed by atoms with van der Waals surface area (Å²) in [5.74, 6) is 0.527. The van der Waals surface area contributed by atoms with E-state index < -0.39 is 0 Å². The molecule has 1 heterocycles. The first-order valence-corrected chi connectivity index (χ1v) is 3.65. The molecule has 0 radical (unpaired) electrons. The number of hydrogen-bond acceptors (Lipinski definition) is 2. The molecule has 0 aromatic heterocycles. The third-order valence-corrected chi connectivity index (χ3v) is 1.95. The van der Waals surface area contributed by atoms with Gasteiger partial charge >= 0.3 is 0 Å². The minimum Gasteiger partial charge on any atom is -0.273 e. The van der Waals surface area contributed by atoms with Crippen LogP contribution < -0.4 is 0 Å². The van der Waals surface area contributed by atoms with E-state index in [9.17, 15) is 0 Å². The zero-order valence-corrected chi connectivity index (χ0v) is 5.83. The van der Waals surface area contributed by atoms with Crippen LogP contribution in [0.2, 0.25) is 0 Å². The Morgan fingerprint density at radius 1 is 1.40 bits per heavy atom. The summed E-state index contributed by atoms with van der Waals surface area (Å²) < 4.78 is 0. The van der Waals surface area contributed by atoms with E-state index in [2.05, 4.69) is 22.1 Å². The Morgan fingerprint density at radius 2 is 2.40 bits per heavy atom. The predicted octanol–water partition coefficient (Wildman–Crippen LogP) is 1.44. The van der Waals surface area contributed by atoms with Crippen molar-refractivity contribution in [3.63, 3.8) is 0 Å². The predicted molar refractivity (Wildman–Crippen MR) is 42.7 cm³/mol. The third-order valence-electron chi connectivity index (χ3n) is 1.95. The Kier molecular flexibility index (Phi) is 1.38. The average Bonchev–Trinajstić information content (AvgIpc) is 2.05. The number of allylic oxidation sites excluding steroid dienone is 2. The lowest BCUT2D eigenvalue weighted by Crippen LogP contribution is -2.20. The SMILES string of the molecule is C1=CCC2C=NCN=C2C1. The highest BCUT2D eigenvalue weighted by molar-refractivity contribution is 6.01. The van der Waals surface area contributed by atoms with E-state index in [4.69, 9.17) is 0 Å². The fraction of sp³-hybridized carbons (Fsp3) is 0.500. The van der Waals surface area contributed by atoms with Crippen molar-refractivity contribution in [2.45, 2.75) is 12.8 Å². The van der Waals surface area contributed by atoms with Crippen LogP contribution in [0.25, 0.3) is 0 Å². The second-order valence-corrected chi connectivity index (χ2v) is 2.64. The molecule has 1 aliphatic heterocycles. The first kappa shape index (κ1) is 5.83. The van der Waals surface area contributed by atoms with Crippen molar-refractivity contribution in [1.29, 1.82) is 0 Å². The Hall–Kier alpha value is -0.920. The lowest BCUT2D eigenvalue weighted by molar-refractivity contribution is 0.849. The van der Waals surface area contributed by atoms with Crippen LogP contribution in [0.3, 0.4) is 0 Å². The maximum absolute atomic E-state index is 4.32. The Morgan fingerprint density at radius 3 is 3.30 bits per heavy atom. The van der Waals surface area contributed by atoms with E-state index in [0.717, 1.165) is 12.8 Å². The molecule has 0 aromatic carbocycles. The molecule has 0 amide bonds. The zero-order chi connectivity index (χ0) is 6.81. The topological polar surface area (TPSA) is 24.7 Å². The smallest absolute Gasteiger partial charge is 0.128 e. The summed E-state index contributed by atoms with van der Waals surface area (Å²) in [5.41, 5.74) is 1.32. The molecule has 52 valence electrons. The van der Waals surface area contributed by atoms with Crippen molar-refractivity contribution in [2.75, 3.05) is 6.67 Å². The zero-order valence-electron chi connectivity index (χ0n) is 5.83. The second-order valence-electron chi connectivity index (χ2n) is 2.64. The van der Waals surface area contributed by atoms with Crippen LogP contribution in [-0.2, 0) is 0 Å². The maximum atomic E-state index is 4.32. The van der Waals surface area contributed by atoms with Gasteiger partial charge in [0.05, 0.1) is 0 Å². The molecule has 1 atom stereocenters. The van der Waals surface area contributed by atoms with E-state index >= 15 is 0 Å². The molecule has 2 heteroatoms. The molecule has 1 unspecified atom stereocenters.